The van der Waals surface area contributed by atoms with Gasteiger partial charge in [0.25, 0.3) is 5.91 Å². The van der Waals surface area contributed by atoms with Crippen molar-refractivity contribution in [2.75, 3.05) is 6.54 Å². The van der Waals surface area contributed by atoms with E-state index in [1.54, 1.807) is 10.9 Å². The number of para-hydroxylation sites is 1. The molecule has 1 atom stereocenters. The monoisotopic (exact) mass is 283 g/mol. The second-order valence-corrected chi connectivity index (χ2v) is 4.85. The average molecular weight is 283 g/mol. The van der Waals surface area contributed by atoms with Gasteiger partial charge in [0.05, 0.1) is 11.9 Å². The molecular formula is C15H17N5O. The van der Waals surface area contributed by atoms with Crippen LogP contribution >= 0.6 is 0 Å². The molecule has 0 radical (unpaired) electrons. The summed E-state index contributed by atoms with van der Waals surface area (Å²) in [5.74, 6) is 0.441. The number of benzene rings is 1. The summed E-state index contributed by atoms with van der Waals surface area (Å²) < 4.78 is 1.76. The topological polar surface area (TPSA) is 71.3 Å². The van der Waals surface area contributed by atoms with E-state index in [1.165, 1.54) is 0 Å². The molecule has 2 heterocycles. The summed E-state index contributed by atoms with van der Waals surface area (Å²) in [6, 6.07) is 9.36. The molecule has 1 fully saturated rings. The van der Waals surface area contributed by atoms with Gasteiger partial charge in [0, 0.05) is 18.3 Å². The molecule has 1 unspecified atom stereocenters. The third-order valence-corrected chi connectivity index (χ3v) is 3.24. The number of carbonyl (C=O) groups is 1. The molecular weight excluding hydrogens is 266 g/mol. The van der Waals surface area contributed by atoms with E-state index < -0.39 is 6.04 Å². The number of aliphatic imine (C=N–C) groups is 1. The maximum Gasteiger partial charge on any atom is 0.254 e. The van der Waals surface area contributed by atoms with Crippen LogP contribution in [-0.2, 0) is 4.79 Å². The smallest absolute Gasteiger partial charge is 0.254 e. The van der Waals surface area contributed by atoms with E-state index in [2.05, 4.69) is 20.7 Å². The molecule has 6 heteroatoms. The molecule has 0 spiro atoms. The third kappa shape index (κ3) is 2.79. The predicted molar refractivity (Wildman–Crippen MR) is 80.2 cm³/mol. The average Bonchev–Trinajstić information content (AvgIpc) is 3.12. The fourth-order valence-electron chi connectivity index (χ4n) is 2.18. The molecule has 0 aliphatic carbocycles. The van der Waals surface area contributed by atoms with Gasteiger partial charge in [-0.05, 0) is 18.6 Å². The van der Waals surface area contributed by atoms with Crippen LogP contribution in [0.3, 0.4) is 0 Å². The van der Waals surface area contributed by atoms with Gasteiger partial charge in [-0.15, -0.1) is 0 Å². The van der Waals surface area contributed by atoms with Crippen LogP contribution in [0.1, 0.15) is 24.9 Å². The van der Waals surface area contributed by atoms with E-state index in [0.717, 1.165) is 17.7 Å². The molecule has 1 saturated heterocycles. The van der Waals surface area contributed by atoms with Crippen LogP contribution in [0, 0.1) is 0 Å². The molecule has 1 aliphatic heterocycles. The van der Waals surface area contributed by atoms with Crippen molar-refractivity contribution in [1.82, 2.24) is 20.4 Å². The lowest BCUT2D eigenvalue weighted by atomic mass is 10.2. The van der Waals surface area contributed by atoms with Crippen LogP contribution in [0.15, 0.2) is 47.7 Å². The fraction of sp³-hybridized carbons (Fsp3) is 0.267. The highest BCUT2D eigenvalue weighted by atomic mass is 16.2. The standard InChI is InChI=1S/C15H17N5O/c1-2-8-16-15-18-13(14(21)19-15)11-9-17-20(10-11)12-6-4-3-5-7-12/h3-7,9-10,13H,2,8H2,1H3,(H2,16,18,19,21). The van der Waals surface area contributed by atoms with Gasteiger partial charge < -0.3 is 5.32 Å². The van der Waals surface area contributed by atoms with Gasteiger partial charge in [-0.1, -0.05) is 25.1 Å². The second kappa shape index (κ2) is 5.78. The first kappa shape index (κ1) is 13.4. The van der Waals surface area contributed by atoms with Crippen LogP contribution in [0.4, 0.5) is 0 Å². The van der Waals surface area contributed by atoms with Crippen LogP contribution in [0.5, 0.6) is 0 Å². The highest BCUT2D eigenvalue weighted by molar-refractivity contribution is 6.06. The van der Waals surface area contributed by atoms with Crippen molar-refractivity contribution in [2.24, 2.45) is 4.99 Å². The summed E-state index contributed by atoms with van der Waals surface area (Å²) in [4.78, 5) is 16.3. The van der Waals surface area contributed by atoms with E-state index in [-0.39, 0.29) is 5.91 Å². The van der Waals surface area contributed by atoms with Crippen LogP contribution in [-0.4, -0.2) is 28.2 Å². The molecule has 1 aromatic heterocycles. The van der Waals surface area contributed by atoms with Gasteiger partial charge in [0.15, 0.2) is 5.96 Å². The van der Waals surface area contributed by atoms with Gasteiger partial charge in [0.1, 0.15) is 6.04 Å². The van der Waals surface area contributed by atoms with E-state index in [0.29, 0.717) is 12.5 Å². The molecule has 108 valence electrons. The largest absolute Gasteiger partial charge is 0.340 e. The first-order valence-corrected chi connectivity index (χ1v) is 7.00. The van der Waals surface area contributed by atoms with E-state index in [4.69, 9.17) is 0 Å². The number of hydrogen-bond donors (Lipinski definition) is 2. The van der Waals surface area contributed by atoms with Crippen molar-refractivity contribution in [3.05, 3.63) is 48.3 Å². The summed E-state index contributed by atoms with van der Waals surface area (Å²) in [7, 11) is 0. The Morgan fingerprint density at radius 2 is 2.14 bits per heavy atom. The molecule has 1 amide bonds. The Morgan fingerprint density at radius 1 is 1.33 bits per heavy atom. The quantitative estimate of drug-likeness (QED) is 0.891. The minimum atomic E-state index is -0.432. The zero-order valence-corrected chi connectivity index (χ0v) is 11.8. The lowest BCUT2D eigenvalue weighted by Crippen LogP contribution is -2.25. The number of aromatic nitrogens is 2. The normalized spacial score (nSPS) is 19.6. The van der Waals surface area contributed by atoms with E-state index in [9.17, 15) is 4.79 Å². The van der Waals surface area contributed by atoms with Crippen molar-refractivity contribution in [2.45, 2.75) is 19.4 Å². The molecule has 0 bridgehead atoms. The SMILES string of the molecule is CCCN=C1NC(=O)C(c2cnn(-c3ccccc3)c2)N1. The number of guanidine groups is 1. The Morgan fingerprint density at radius 3 is 2.90 bits per heavy atom. The Kier molecular flexibility index (Phi) is 3.68. The first-order chi connectivity index (χ1) is 10.3. The molecule has 6 nitrogen and oxygen atoms in total. The van der Waals surface area contributed by atoms with E-state index in [1.807, 2.05) is 43.5 Å². The van der Waals surface area contributed by atoms with Crippen LogP contribution in [0.25, 0.3) is 5.69 Å². The molecule has 0 saturated carbocycles. The van der Waals surface area contributed by atoms with Crippen molar-refractivity contribution in [3.63, 3.8) is 0 Å². The highest BCUT2D eigenvalue weighted by Crippen LogP contribution is 2.17. The Labute approximate surface area is 122 Å². The summed E-state index contributed by atoms with van der Waals surface area (Å²) in [6.45, 7) is 2.74. The Hall–Kier alpha value is -2.63. The Bertz CT molecular complexity index is 662. The van der Waals surface area contributed by atoms with Gasteiger partial charge in [-0.25, -0.2) is 4.68 Å². The summed E-state index contributed by atoms with van der Waals surface area (Å²) in [5.41, 5.74) is 1.78. The fourth-order valence-corrected chi connectivity index (χ4v) is 2.18. The number of nitrogens with zero attached hydrogens (tertiary/aromatic N) is 3. The third-order valence-electron chi connectivity index (χ3n) is 3.24. The van der Waals surface area contributed by atoms with Crippen LogP contribution < -0.4 is 10.6 Å². The van der Waals surface area contributed by atoms with Crippen molar-refractivity contribution in [3.8, 4) is 5.69 Å². The summed E-state index contributed by atoms with van der Waals surface area (Å²) >= 11 is 0. The maximum atomic E-state index is 12.0. The number of rotatable bonds is 4. The Balaban J connectivity index is 1.79. The van der Waals surface area contributed by atoms with Gasteiger partial charge in [0.2, 0.25) is 0 Å². The molecule has 2 N–H and O–H groups in total. The summed E-state index contributed by atoms with van der Waals surface area (Å²) in [5, 5.41) is 10.2. The van der Waals surface area contributed by atoms with Crippen LogP contribution in [0.2, 0.25) is 0 Å². The minimum Gasteiger partial charge on any atom is -0.340 e. The van der Waals surface area contributed by atoms with Gasteiger partial charge in [-0.3, -0.25) is 15.1 Å². The molecule has 21 heavy (non-hydrogen) atoms. The zero-order chi connectivity index (χ0) is 14.7. The molecule has 2 aromatic rings. The molecule has 1 aliphatic rings. The molecule has 1 aromatic carbocycles. The molecule has 3 rings (SSSR count). The van der Waals surface area contributed by atoms with Crippen molar-refractivity contribution < 1.29 is 4.79 Å². The second-order valence-electron chi connectivity index (χ2n) is 4.85. The number of hydrogen-bond acceptors (Lipinski definition) is 3. The minimum absolute atomic E-state index is 0.0996. The number of carbonyl (C=O) groups excluding carboxylic acids is 1. The van der Waals surface area contributed by atoms with Gasteiger partial charge >= 0.3 is 0 Å². The van der Waals surface area contributed by atoms with Gasteiger partial charge in [-0.2, -0.15) is 5.10 Å². The first-order valence-electron chi connectivity index (χ1n) is 7.00. The van der Waals surface area contributed by atoms with Crippen molar-refractivity contribution in [1.29, 1.82) is 0 Å². The highest BCUT2D eigenvalue weighted by Gasteiger charge is 2.30. The van der Waals surface area contributed by atoms with Crippen molar-refractivity contribution >= 4 is 11.9 Å². The number of amides is 1. The summed E-state index contributed by atoms with van der Waals surface area (Å²) in [6.07, 6.45) is 4.50. The maximum absolute atomic E-state index is 12.0. The lowest BCUT2D eigenvalue weighted by molar-refractivity contribution is -0.120. The van der Waals surface area contributed by atoms with E-state index >= 15 is 0 Å². The zero-order valence-electron chi connectivity index (χ0n) is 11.8. The predicted octanol–water partition coefficient (Wildman–Crippen LogP) is 1.40. The lowest BCUT2D eigenvalue weighted by Gasteiger charge is -2.04. The number of nitrogens with one attached hydrogen (secondary N) is 2.